The van der Waals surface area contributed by atoms with Crippen molar-refractivity contribution in [1.29, 1.82) is 0 Å². The molecule has 0 aliphatic carbocycles. The zero-order valence-corrected chi connectivity index (χ0v) is 12.7. The maximum atomic E-state index is 10.1. The molecular formula is C14H17BrN2O3. The minimum atomic E-state index is -0.934. The summed E-state index contributed by atoms with van der Waals surface area (Å²) >= 11 is 3.16. The summed E-state index contributed by atoms with van der Waals surface area (Å²) in [5, 5.41) is 24.2. The molecule has 20 heavy (non-hydrogen) atoms. The van der Waals surface area contributed by atoms with Crippen LogP contribution in [0.25, 0.3) is 0 Å². The molecule has 0 radical (unpaired) electrons. The van der Waals surface area contributed by atoms with Gasteiger partial charge in [0, 0.05) is 23.3 Å². The van der Waals surface area contributed by atoms with Crippen molar-refractivity contribution in [2.45, 2.75) is 18.8 Å². The third-order valence-corrected chi connectivity index (χ3v) is 3.72. The normalized spacial score (nSPS) is 14.0. The van der Waals surface area contributed by atoms with Crippen LogP contribution in [0.5, 0.6) is 5.75 Å². The molecule has 2 unspecified atom stereocenters. The van der Waals surface area contributed by atoms with E-state index in [0.29, 0.717) is 17.4 Å². The number of halogens is 1. The second-order valence-electron chi connectivity index (χ2n) is 4.44. The monoisotopic (exact) mass is 340 g/mol. The standard InChI is InChI=1S/C14H17BrN2O3/c1-20-13-4-3-10(14(19)12(18)8-15)7-11(13)9-17-6-2-5-16-17/h2-7,12,14,18-19H,8-9H2,1H3. The zero-order chi connectivity index (χ0) is 14.5. The van der Waals surface area contributed by atoms with E-state index < -0.39 is 12.2 Å². The highest BCUT2D eigenvalue weighted by Crippen LogP contribution is 2.26. The van der Waals surface area contributed by atoms with Gasteiger partial charge in [-0.1, -0.05) is 22.0 Å². The Balaban J connectivity index is 2.28. The van der Waals surface area contributed by atoms with Gasteiger partial charge in [0.15, 0.2) is 0 Å². The summed E-state index contributed by atoms with van der Waals surface area (Å²) in [6.45, 7) is 0.543. The molecule has 6 heteroatoms. The Bertz CT molecular complexity index is 545. The molecule has 1 aromatic carbocycles. The van der Waals surface area contributed by atoms with Crippen molar-refractivity contribution < 1.29 is 14.9 Å². The Hall–Kier alpha value is -1.37. The summed E-state index contributed by atoms with van der Waals surface area (Å²) in [4.78, 5) is 0. The Morgan fingerprint density at radius 1 is 1.40 bits per heavy atom. The van der Waals surface area contributed by atoms with Crippen LogP contribution in [-0.2, 0) is 6.54 Å². The van der Waals surface area contributed by atoms with E-state index in [1.165, 1.54) is 0 Å². The van der Waals surface area contributed by atoms with Gasteiger partial charge in [0.25, 0.3) is 0 Å². The molecule has 5 nitrogen and oxygen atoms in total. The molecule has 0 amide bonds. The number of ether oxygens (including phenoxy) is 1. The number of hydrogen-bond donors (Lipinski definition) is 2. The summed E-state index contributed by atoms with van der Waals surface area (Å²) < 4.78 is 7.09. The Morgan fingerprint density at radius 3 is 2.80 bits per heavy atom. The lowest BCUT2D eigenvalue weighted by Crippen LogP contribution is -2.19. The van der Waals surface area contributed by atoms with Gasteiger partial charge >= 0.3 is 0 Å². The van der Waals surface area contributed by atoms with Gasteiger partial charge in [-0.3, -0.25) is 4.68 Å². The molecule has 0 aliphatic rings. The summed E-state index contributed by atoms with van der Waals surface area (Å²) in [5.41, 5.74) is 1.55. The van der Waals surface area contributed by atoms with E-state index in [1.807, 2.05) is 18.3 Å². The first-order valence-corrected chi connectivity index (χ1v) is 7.34. The Labute approximate surface area is 125 Å². The lowest BCUT2D eigenvalue weighted by atomic mass is 10.0. The molecule has 2 N–H and O–H groups in total. The number of benzene rings is 1. The van der Waals surface area contributed by atoms with Gasteiger partial charge in [0.2, 0.25) is 0 Å². The fraction of sp³-hybridized carbons (Fsp3) is 0.357. The minimum Gasteiger partial charge on any atom is -0.496 e. The number of alkyl halides is 1. The maximum absolute atomic E-state index is 10.1. The van der Waals surface area contributed by atoms with Crippen LogP contribution < -0.4 is 4.74 Å². The van der Waals surface area contributed by atoms with Gasteiger partial charge < -0.3 is 14.9 Å². The summed E-state index contributed by atoms with van der Waals surface area (Å²) in [6.07, 6.45) is 1.79. The van der Waals surface area contributed by atoms with Crippen molar-refractivity contribution in [1.82, 2.24) is 9.78 Å². The van der Waals surface area contributed by atoms with Crippen LogP contribution in [0.2, 0.25) is 0 Å². The van der Waals surface area contributed by atoms with Gasteiger partial charge in [0.05, 0.1) is 19.8 Å². The number of methoxy groups -OCH3 is 1. The van der Waals surface area contributed by atoms with E-state index in [4.69, 9.17) is 4.74 Å². The van der Waals surface area contributed by atoms with Crippen LogP contribution in [0, 0.1) is 0 Å². The quantitative estimate of drug-likeness (QED) is 0.786. The van der Waals surface area contributed by atoms with Crippen molar-refractivity contribution in [2.24, 2.45) is 0 Å². The summed E-state index contributed by atoms with van der Waals surface area (Å²) in [5.74, 6) is 0.727. The van der Waals surface area contributed by atoms with Gasteiger partial charge in [-0.15, -0.1) is 0 Å². The van der Waals surface area contributed by atoms with E-state index in [-0.39, 0.29) is 0 Å². The predicted molar refractivity (Wildman–Crippen MR) is 79.1 cm³/mol. The average Bonchev–Trinajstić information content (AvgIpc) is 2.98. The van der Waals surface area contributed by atoms with E-state index in [1.54, 1.807) is 30.1 Å². The largest absolute Gasteiger partial charge is 0.496 e. The zero-order valence-electron chi connectivity index (χ0n) is 11.1. The Kier molecular flexibility index (Phi) is 5.17. The summed E-state index contributed by atoms with van der Waals surface area (Å²) in [6, 6.07) is 7.22. The van der Waals surface area contributed by atoms with E-state index in [0.717, 1.165) is 11.3 Å². The smallest absolute Gasteiger partial charge is 0.123 e. The van der Waals surface area contributed by atoms with Crippen molar-refractivity contribution in [3.05, 3.63) is 47.8 Å². The molecule has 2 rings (SSSR count). The van der Waals surface area contributed by atoms with Crippen LogP contribution in [0.1, 0.15) is 17.2 Å². The van der Waals surface area contributed by atoms with Gasteiger partial charge in [-0.2, -0.15) is 5.10 Å². The lowest BCUT2D eigenvalue weighted by molar-refractivity contribution is 0.0342. The Morgan fingerprint density at radius 2 is 2.20 bits per heavy atom. The number of nitrogens with zero attached hydrogens (tertiary/aromatic N) is 2. The molecule has 108 valence electrons. The molecule has 2 atom stereocenters. The van der Waals surface area contributed by atoms with Crippen molar-refractivity contribution in [3.8, 4) is 5.75 Å². The van der Waals surface area contributed by atoms with Gasteiger partial charge in [0.1, 0.15) is 11.9 Å². The fourth-order valence-electron chi connectivity index (χ4n) is 1.98. The molecule has 2 aromatic rings. The number of rotatable bonds is 6. The van der Waals surface area contributed by atoms with E-state index in [9.17, 15) is 10.2 Å². The summed E-state index contributed by atoms with van der Waals surface area (Å²) in [7, 11) is 1.60. The first kappa shape index (κ1) is 15.0. The van der Waals surface area contributed by atoms with Crippen LogP contribution in [-0.4, -0.2) is 38.5 Å². The number of aromatic nitrogens is 2. The predicted octanol–water partition coefficient (Wildman–Crippen LogP) is 1.73. The molecule has 0 bridgehead atoms. The molecule has 0 spiro atoms. The average molecular weight is 341 g/mol. The van der Waals surface area contributed by atoms with E-state index >= 15 is 0 Å². The SMILES string of the molecule is COc1ccc(C(O)C(O)CBr)cc1Cn1cccn1. The van der Waals surface area contributed by atoms with Crippen LogP contribution >= 0.6 is 15.9 Å². The number of hydrogen-bond acceptors (Lipinski definition) is 4. The van der Waals surface area contributed by atoms with Crippen molar-refractivity contribution >= 4 is 15.9 Å². The highest BCUT2D eigenvalue weighted by Gasteiger charge is 2.18. The molecule has 0 aliphatic heterocycles. The van der Waals surface area contributed by atoms with Crippen LogP contribution in [0.4, 0.5) is 0 Å². The molecular weight excluding hydrogens is 324 g/mol. The molecule has 0 fully saturated rings. The van der Waals surface area contributed by atoms with Gasteiger partial charge in [-0.25, -0.2) is 0 Å². The van der Waals surface area contributed by atoms with Crippen molar-refractivity contribution in [2.75, 3.05) is 12.4 Å². The minimum absolute atomic E-state index is 0.314. The highest BCUT2D eigenvalue weighted by molar-refractivity contribution is 9.09. The maximum Gasteiger partial charge on any atom is 0.123 e. The highest BCUT2D eigenvalue weighted by atomic mass is 79.9. The van der Waals surface area contributed by atoms with E-state index in [2.05, 4.69) is 21.0 Å². The van der Waals surface area contributed by atoms with Crippen LogP contribution in [0.3, 0.4) is 0 Å². The third kappa shape index (κ3) is 3.39. The molecule has 1 aromatic heterocycles. The number of aliphatic hydroxyl groups excluding tert-OH is 2. The number of aliphatic hydroxyl groups is 2. The van der Waals surface area contributed by atoms with Crippen molar-refractivity contribution in [3.63, 3.8) is 0 Å². The first-order valence-electron chi connectivity index (χ1n) is 6.22. The molecule has 0 saturated heterocycles. The fourth-order valence-corrected chi connectivity index (χ4v) is 2.34. The third-order valence-electron chi connectivity index (χ3n) is 3.06. The topological polar surface area (TPSA) is 67.5 Å². The second kappa shape index (κ2) is 6.88. The van der Waals surface area contributed by atoms with Crippen LogP contribution in [0.15, 0.2) is 36.7 Å². The molecule has 1 heterocycles. The first-order chi connectivity index (χ1) is 9.65. The van der Waals surface area contributed by atoms with Gasteiger partial charge in [-0.05, 0) is 23.8 Å². The lowest BCUT2D eigenvalue weighted by Gasteiger charge is -2.18. The molecule has 0 saturated carbocycles. The second-order valence-corrected chi connectivity index (χ2v) is 5.09.